The van der Waals surface area contributed by atoms with Crippen LogP contribution in [0.4, 0.5) is 0 Å². The zero-order valence-corrected chi connectivity index (χ0v) is 12.4. The lowest BCUT2D eigenvalue weighted by Gasteiger charge is -2.28. The molecule has 0 saturated carbocycles. The molecule has 0 radical (unpaired) electrons. The van der Waals surface area contributed by atoms with Gasteiger partial charge in [-0.15, -0.1) is 0 Å². The minimum absolute atomic E-state index is 0.00217. The van der Waals surface area contributed by atoms with Crippen molar-refractivity contribution in [2.45, 2.75) is 38.5 Å². The number of amides is 2. The fourth-order valence-corrected chi connectivity index (χ4v) is 2.77. The number of allylic oxidation sites excluding steroid dienone is 1. The Morgan fingerprint density at radius 1 is 1.45 bits per heavy atom. The molecule has 0 bridgehead atoms. The number of nitrogens with one attached hydrogen (secondary N) is 2. The van der Waals surface area contributed by atoms with E-state index >= 15 is 0 Å². The van der Waals surface area contributed by atoms with E-state index in [1.54, 1.807) is 0 Å². The molecule has 2 N–H and O–H groups in total. The van der Waals surface area contributed by atoms with E-state index in [0.717, 1.165) is 12.8 Å². The normalized spacial score (nSPS) is 18.8. The van der Waals surface area contributed by atoms with Crippen LogP contribution >= 0.6 is 12.2 Å². The lowest BCUT2D eigenvalue weighted by molar-refractivity contribution is -0.128. The zero-order chi connectivity index (χ0) is 14.4. The van der Waals surface area contributed by atoms with Crippen LogP contribution in [-0.2, 0) is 9.59 Å². The molecule has 2 rings (SSSR count). The van der Waals surface area contributed by atoms with Crippen molar-refractivity contribution in [3.8, 4) is 0 Å². The van der Waals surface area contributed by atoms with Gasteiger partial charge in [0.2, 0.25) is 11.8 Å². The van der Waals surface area contributed by atoms with E-state index in [2.05, 4.69) is 16.7 Å². The average molecular weight is 295 g/mol. The van der Waals surface area contributed by atoms with Gasteiger partial charge in [-0.2, -0.15) is 0 Å². The summed E-state index contributed by atoms with van der Waals surface area (Å²) in [5.41, 5.74) is 1.45. The Morgan fingerprint density at radius 2 is 2.30 bits per heavy atom. The molecule has 20 heavy (non-hydrogen) atoms. The van der Waals surface area contributed by atoms with Crippen LogP contribution in [0, 0.1) is 0 Å². The summed E-state index contributed by atoms with van der Waals surface area (Å²) in [4.78, 5) is 24.9. The molecule has 0 aromatic carbocycles. The zero-order valence-electron chi connectivity index (χ0n) is 11.6. The van der Waals surface area contributed by atoms with Crippen molar-refractivity contribution in [2.75, 3.05) is 19.6 Å². The van der Waals surface area contributed by atoms with Crippen molar-refractivity contribution in [3.05, 3.63) is 11.6 Å². The van der Waals surface area contributed by atoms with E-state index in [1.165, 1.54) is 23.3 Å². The highest BCUT2D eigenvalue weighted by Gasteiger charge is 2.22. The molecule has 0 spiro atoms. The van der Waals surface area contributed by atoms with Gasteiger partial charge in [-0.25, -0.2) is 0 Å². The second kappa shape index (κ2) is 7.38. The third-order valence-electron chi connectivity index (χ3n) is 3.63. The molecule has 110 valence electrons. The summed E-state index contributed by atoms with van der Waals surface area (Å²) >= 11 is 5.07. The van der Waals surface area contributed by atoms with E-state index in [1.807, 2.05) is 0 Å². The molecule has 1 saturated heterocycles. The van der Waals surface area contributed by atoms with Gasteiger partial charge in [0.1, 0.15) is 0 Å². The summed E-state index contributed by atoms with van der Waals surface area (Å²) in [7, 11) is 0. The third kappa shape index (κ3) is 4.30. The van der Waals surface area contributed by atoms with E-state index in [9.17, 15) is 9.59 Å². The summed E-state index contributed by atoms with van der Waals surface area (Å²) in [5.74, 6) is -0.0255. The standard InChI is InChI=1S/C14H21N3O2S/c18-12(15-8-5-11-3-1-2-4-11)7-10-17-13(19)6-9-16-14(17)20/h3H,1-2,4-10H2,(H,15,18)(H,16,20). The minimum Gasteiger partial charge on any atom is -0.362 e. The second-order valence-corrected chi connectivity index (χ2v) is 5.52. The van der Waals surface area contributed by atoms with Crippen LogP contribution in [-0.4, -0.2) is 41.5 Å². The van der Waals surface area contributed by atoms with Crippen LogP contribution in [0.2, 0.25) is 0 Å². The van der Waals surface area contributed by atoms with Gasteiger partial charge >= 0.3 is 0 Å². The third-order valence-corrected chi connectivity index (χ3v) is 3.99. The summed E-state index contributed by atoms with van der Waals surface area (Å²) in [6.45, 7) is 1.63. The first-order valence-corrected chi connectivity index (χ1v) is 7.60. The molecule has 0 unspecified atom stereocenters. The maximum Gasteiger partial charge on any atom is 0.230 e. The van der Waals surface area contributed by atoms with Gasteiger partial charge in [0, 0.05) is 32.5 Å². The number of nitrogens with zero attached hydrogens (tertiary/aromatic N) is 1. The van der Waals surface area contributed by atoms with Crippen LogP contribution in [0.1, 0.15) is 38.5 Å². The molecule has 0 aromatic heterocycles. The number of carbonyl (C=O) groups excluding carboxylic acids is 2. The van der Waals surface area contributed by atoms with E-state index in [0.29, 0.717) is 37.6 Å². The smallest absolute Gasteiger partial charge is 0.230 e. The molecule has 1 fully saturated rings. The topological polar surface area (TPSA) is 61.4 Å². The van der Waals surface area contributed by atoms with Gasteiger partial charge < -0.3 is 10.6 Å². The van der Waals surface area contributed by atoms with Crippen LogP contribution in [0.5, 0.6) is 0 Å². The largest absolute Gasteiger partial charge is 0.362 e. The number of carbonyl (C=O) groups is 2. The average Bonchev–Trinajstić information content (AvgIpc) is 2.91. The van der Waals surface area contributed by atoms with Crippen LogP contribution in [0.15, 0.2) is 11.6 Å². The first-order valence-electron chi connectivity index (χ1n) is 7.19. The molecular weight excluding hydrogens is 274 g/mol. The Kier molecular flexibility index (Phi) is 5.52. The summed E-state index contributed by atoms with van der Waals surface area (Å²) < 4.78 is 0. The highest BCUT2D eigenvalue weighted by molar-refractivity contribution is 7.80. The molecule has 1 aliphatic heterocycles. The Labute approximate surface area is 124 Å². The van der Waals surface area contributed by atoms with Gasteiger partial charge in [0.05, 0.1) is 0 Å². The number of hydrogen-bond acceptors (Lipinski definition) is 3. The highest BCUT2D eigenvalue weighted by Crippen LogP contribution is 2.19. The quantitative estimate of drug-likeness (QED) is 0.569. The van der Waals surface area contributed by atoms with Crippen molar-refractivity contribution in [1.29, 1.82) is 0 Å². The predicted molar refractivity (Wildman–Crippen MR) is 81.1 cm³/mol. The fraction of sp³-hybridized carbons (Fsp3) is 0.643. The summed E-state index contributed by atoms with van der Waals surface area (Å²) in [6, 6.07) is 0. The van der Waals surface area contributed by atoms with Crippen LogP contribution in [0.3, 0.4) is 0 Å². The van der Waals surface area contributed by atoms with Gasteiger partial charge in [-0.3, -0.25) is 14.5 Å². The van der Waals surface area contributed by atoms with Crippen LogP contribution < -0.4 is 10.6 Å². The Hall–Kier alpha value is -1.43. The number of thiocarbonyl (C=S) groups is 1. The first kappa shape index (κ1) is 15.0. The van der Waals surface area contributed by atoms with E-state index in [4.69, 9.17) is 12.2 Å². The molecule has 5 nitrogen and oxygen atoms in total. The molecule has 6 heteroatoms. The van der Waals surface area contributed by atoms with Gasteiger partial charge in [-0.1, -0.05) is 11.6 Å². The molecule has 2 amide bonds. The minimum atomic E-state index is -0.0234. The SMILES string of the molecule is O=C(CCN1C(=O)CCNC1=S)NCCC1=CCCC1. The van der Waals surface area contributed by atoms with E-state index in [-0.39, 0.29) is 11.8 Å². The maximum absolute atomic E-state index is 11.7. The number of hydrogen-bond donors (Lipinski definition) is 2. The van der Waals surface area contributed by atoms with Crippen LogP contribution in [0.25, 0.3) is 0 Å². The second-order valence-electron chi connectivity index (χ2n) is 5.13. The molecule has 0 aromatic rings. The molecule has 0 atom stereocenters. The van der Waals surface area contributed by atoms with Gasteiger partial charge in [0.25, 0.3) is 0 Å². The lowest BCUT2D eigenvalue weighted by Crippen LogP contribution is -2.50. The van der Waals surface area contributed by atoms with Gasteiger partial charge in [0.15, 0.2) is 5.11 Å². The van der Waals surface area contributed by atoms with E-state index < -0.39 is 0 Å². The van der Waals surface area contributed by atoms with Crippen molar-refractivity contribution in [1.82, 2.24) is 15.5 Å². The summed E-state index contributed by atoms with van der Waals surface area (Å²) in [6.07, 6.45) is 7.52. The Balaban J connectivity index is 1.64. The Morgan fingerprint density at radius 3 is 3.00 bits per heavy atom. The van der Waals surface area contributed by atoms with Crippen molar-refractivity contribution >= 4 is 29.1 Å². The molecule has 1 heterocycles. The lowest BCUT2D eigenvalue weighted by atomic mass is 10.1. The predicted octanol–water partition coefficient (Wildman–Crippen LogP) is 1.10. The van der Waals surface area contributed by atoms with Crippen molar-refractivity contribution < 1.29 is 9.59 Å². The fourth-order valence-electron chi connectivity index (χ4n) is 2.47. The summed E-state index contributed by atoms with van der Waals surface area (Å²) in [5, 5.41) is 6.30. The van der Waals surface area contributed by atoms with Gasteiger partial charge in [-0.05, 0) is 37.9 Å². The molecule has 1 aliphatic carbocycles. The number of rotatable bonds is 6. The molecular formula is C14H21N3O2S. The first-order chi connectivity index (χ1) is 9.66. The van der Waals surface area contributed by atoms with Crippen molar-refractivity contribution in [2.24, 2.45) is 0 Å². The molecule has 2 aliphatic rings. The highest BCUT2D eigenvalue weighted by atomic mass is 32.1. The monoisotopic (exact) mass is 295 g/mol. The van der Waals surface area contributed by atoms with Crippen molar-refractivity contribution in [3.63, 3.8) is 0 Å². The Bertz CT molecular complexity index is 418. The maximum atomic E-state index is 11.7.